The van der Waals surface area contributed by atoms with Crippen LogP contribution < -0.4 is 10.6 Å². The summed E-state index contributed by atoms with van der Waals surface area (Å²) in [5.41, 5.74) is 4.09. The van der Waals surface area contributed by atoms with E-state index in [4.69, 9.17) is 0 Å². The number of aryl methyl sites for hydroxylation is 1. The van der Waals surface area contributed by atoms with Crippen LogP contribution in [0.4, 0.5) is 5.69 Å². The van der Waals surface area contributed by atoms with Gasteiger partial charge in [0.25, 0.3) is 0 Å². The fraction of sp³-hybridized carbons (Fsp3) is 0.357. The van der Waals surface area contributed by atoms with Crippen molar-refractivity contribution in [1.82, 2.24) is 10.3 Å². The van der Waals surface area contributed by atoms with Crippen molar-refractivity contribution >= 4 is 17.0 Å². The molecule has 4 heteroatoms. The molecule has 0 saturated heterocycles. The molecule has 1 aliphatic rings. The molecule has 0 spiro atoms. The third-order valence-electron chi connectivity index (χ3n) is 3.18. The molecule has 1 aliphatic heterocycles. The zero-order valence-electron chi connectivity index (χ0n) is 10.5. The molecule has 0 unspecified atom stereocenters. The van der Waals surface area contributed by atoms with Crippen molar-refractivity contribution in [2.75, 3.05) is 11.9 Å². The number of thiazole rings is 1. The summed E-state index contributed by atoms with van der Waals surface area (Å²) in [7, 11) is 0. The maximum atomic E-state index is 4.26. The van der Waals surface area contributed by atoms with Crippen LogP contribution in [-0.2, 0) is 19.5 Å². The van der Waals surface area contributed by atoms with Crippen LogP contribution in [0.25, 0.3) is 0 Å². The molecule has 3 nitrogen and oxygen atoms in total. The summed E-state index contributed by atoms with van der Waals surface area (Å²) in [6, 6.07) is 6.72. The van der Waals surface area contributed by atoms with E-state index < -0.39 is 0 Å². The summed E-state index contributed by atoms with van der Waals surface area (Å²) >= 11 is 1.76. The van der Waals surface area contributed by atoms with Crippen LogP contribution in [0.3, 0.4) is 0 Å². The first-order valence-electron chi connectivity index (χ1n) is 6.29. The standard InChI is InChI=1S/C14H17N3S/c1-10-17-9-13(18-10)8-15-7-11-2-3-12-4-5-16-14(12)6-11/h2-3,6,9,15-16H,4-5,7-8H2,1H3. The van der Waals surface area contributed by atoms with Crippen LogP contribution in [0.2, 0.25) is 0 Å². The van der Waals surface area contributed by atoms with E-state index in [0.29, 0.717) is 0 Å². The van der Waals surface area contributed by atoms with Gasteiger partial charge in [-0.3, -0.25) is 0 Å². The average Bonchev–Trinajstić information content (AvgIpc) is 2.97. The van der Waals surface area contributed by atoms with E-state index in [-0.39, 0.29) is 0 Å². The minimum Gasteiger partial charge on any atom is -0.384 e. The molecule has 1 aromatic heterocycles. The Hall–Kier alpha value is -1.39. The lowest BCUT2D eigenvalue weighted by atomic mass is 10.1. The SMILES string of the molecule is Cc1ncc(CNCc2ccc3c(c2)NCC3)s1. The Bertz CT molecular complexity index is 548. The van der Waals surface area contributed by atoms with E-state index in [0.717, 1.165) is 31.1 Å². The van der Waals surface area contributed by atoms with E-state index in [1.807, 2.05) is 13.1 Å². The van der Waals surface area contributed by atoms with Gasteiger partial charge in [0.2, 0.25) is 0 Å². The van der Waals surface area contributed by atoms with E-state index >= 15 is 0 Å². The highest BCUT2D eigenvalue weighted by Gasteiger charge is 2.09. The van der Waals surface area contributed by atoms with Crippen LogP contribution in [0, 0.1) is 6.92 Å². The molecule has 18 heavy (non-hydrogen) atoms. The Balaban J connectivity index is 1.57. The highest BCUT2D eigenvalue weighted by atomic mass is 32.1. The van der Waals surface area contributed by atoms with Gasteiger partial charge in [0.05, 0.1) is 5.01 Å². The molecule has 2 N–H and O–H groups in total. The number of fused-ring (bicyclic) bond motifs is 1. The average molecular weight is 259 g/mol. The molecule has 0 atom stereocenters. The molecule has 0 fully saturated rings. The maximum absolute atomic E-state index is 4.26. The second-order valence-electron chi connectivity index (χ2n) is 4.62. The Kier molecular flexibility index (Phi) is 3.30. The van der Waals surface area contributed by atoms with E-state index in [1.165, 1.54) is 21.7 Å². The fourth-order valence-corrected chi connectivity index (χ4v) is 3.03. The van der Waals surface area contributed by atoms with Gasteiger partial charge in [-0.25, -0.2) is 4.98 Å². The van der Waals surface area contributed by atoms with Crippen molar-refractivity contribution in [2.24, 2.45) is 0 Å². The quantitative estimate of drug-likeness (QED) is 0.886. The Morgan fingerprint density at radius 1 is 1.39 bits per heavy atom. The lowest BCUT2D eigenvalue weighted by Crippen LogP contribution is -2.11. The summed E-state index contributed by atoms with van der Waals surface area (Å²) in [4.78, 5) is 5.56. The van der Waals surface area contributed by atoms with Crippen LogP contribution in [-0.4, -0.2) is 11.5 Å². The van der Waals surface area contributed by atoms with E-state index in [1.54, 1.807) is 11.3 Å². The van der Waals surface area contributed by atoms with Gasteiger partial charge in [-0.15, -0.1) is 11.3 Å². The largest absolute Gasteiger partial charge is 0.384 e. The molecular formula is C14H17N3S. The molecule has 1 aromatic carbocycles. The van der Waals surface area contributed by atoms with Gasteiger partial charge in [-0.05, 0) is 30.5 Å². The van der Waals surface area contributed by atoms with E-state index in [9.17, 15) is 0 Å². The van der Waals surface area contributed by atoms with Gasteiger partial charge >= 0.3 is 0 Å². The van der Waals surface area contributed by atoms with E-state index in [2.05, 4.69) is 33.8 Å². The third-order valence-corrected chi connectivity index (χ3v) is 4.09. The predicted molar refractivity (Wildman–Crippen MR) is 76.0 cm³/mol. The first-order valence-corrected chi connectivity index (χ1v) is 7.10. The topological polar surface area (TPSA) is 37.0 Å². The monoisotopic (exact) mass is 259 g/mol. The lowest BCUT2D eigenvalue weighted by Gasteiger charge is -2.06. The molecule has 0 amide bonds. The summed E-state index contributed by atoms with van der Waals surface area (Å²) < 4.78 is 0. The van der Waals surface area contributed by atoms with Gasteiger partial charge in [0.1, 0.15) is 0 Å². The summed E-state index contributed by atoms with van der Waals surface area (Å²) in [6.07, 6.45) is 3.11. The molecule has 3 rings (SSSR count). The van der Waals surface area contributed by atoms with Gasteiger partial charge in [-0.2, -0.15) is 0 Å². The Labute approximate surface area is 111 Å². The minimum absolute atomic E-state index is 0.899. The van der Waals surface area contributed by atoms with Crippen LogP contribution in [0.1, 0.15) is 21.0 Å². The van der Waals surface area contributed by atoms with Crippen molar-refractivity contribution in [1.29, 1.82) is 0 Å². The van der Waals surface area contributed by atoms with Gasteiger partial charge < -0.3 is 10.6 Å². The summed E-state index contributed by atoms with van der Waals surface area (Å²) in [5, 5.41) is 8.01. The molecular weight excluding hydrogens is 242 g/mol. The van der Waals surface area contributed by atoms with Crippen molar-refractivity contribution in [2.45, 2.75) is 26.4 Å². The number of aromatic nitrogens is 1. The molecule has 0 bridgehead atoms. The number of nitrogens with zero attached hydrogens (tertiary/aromatic N) is 1. The number of nitrogens with one attached hydrogen (secondary N) is 2. The van der Waals surface area contributed by atoms with Crippen LogP contribution in [0.15, 0.2) is 24.4 Å². The number of benzene rings is 1. The summed E-state index contributed by atoms with van der Waals surface area (Å²) in [6.45, 7) is 4.93. The van der Waals surface area contributed by atoms with Crippen molar-refractivity contribution < 1.29 is 0 Å². The zero-order valence-corrected chi connectivity index (χ0v) is 11.3. The van der Waals surface area contributed by atoms with Gasteiger partial charge in [0.15, 0.2) is 0 Å². The van der Waals surface area contributed by atoms with Crippen molar-refractivity contribution in [3.05, 3.63) is 45.4 Å². The smallest absolute Gasteiger partial charge is 0.0897 e. The molecule has 2 aromatic rings. The molecule has 94 valence electrons. The maximum Gasteiger partial charge on any atom is 0.0897 e. The second kappa shape index (κ2) is 5.08. The number of anilines is 1. The third kappa shape index (κ3) is 2.54. The van der Waals surface area contributed by atoms with Crippen molar-refractivity contribution in [3.8, 4) is 0 Å². The Morgan fingerprint density at radius 3 is 3.17 bits per heavy atom. The molecule has 0 saturated carbocycles. The van der Waals surface area contributed by atoms with Crippen molar-refractivity contribution in [3.63, 3.8) is 0 Å². The molecule has 2 heterocycles. The summed E-state index contributed by atoms with van der Waals surface area (Å²) in [5.74, 6) is 0. The highest BCUT2D eigenvalue weighted by Crippen LogP contribution is 2.23. The van der Waals surface area contributed by atoms with Gasteiger partial charge in [0, 0.05) is 36.4 Å². The number of hydrogen-bond acceptors (Lipinski definition) is 4. The first-order chi connectivity index (χ1) is 8.81. The number of hydrogen-bond donors (Lipinski definition) is 2. The normalized spacial score (nSPS) is 13.4. The number of rotatable bonds is 4. The van der Waals surface area contributed by atoms with Gasteiger partial charge in [-0.1, -0.05) is 12.1 Å². The lowest BCUT2D eigenvalue weighted by molar-refractivity contribution is 0.700. The zero-order chi connectivity index (χ0) is 12.4. The fourth-order valence-electron chi connectivity index (χ4n) is 2.27. The highest BCUT2D eigenvalue weighted by molar-refractivity contribution is 7.11. The van der Waals surface area contributed by atoms with Crippen LogP contribution in [0.5, 0.6) is 0 Å². The second-order valence-corrected chi connectivity index (χ2v) is 5.94. The predicted octanol–water partition coefficient (Wildman–Crippen LogP) is 2.71. The minimum atomic E-state index is 0.899. The Morgan fingerprint density at radius 2 is 2.33 bits per heavy atom. The first kappa shape index (κ1) is 11.7. The molecule has 0 radical (unpaired) electrons. The molecule has 0 aliphatic carbocycles. The van der Waals surface area contributed by atoms with Crippen LogP contribution >= 0.6 is 11.3 Å².